The summed E-state index contributed by atoms with van der Waals surface area (Å²) >= 11 is 0. The molecule has 0 fully saturated rings. The van der Waals surface area contributed by atoms with Gasteiger partial charge in [-0.05, 0) is 31.2 Å². The third-order valence-electron chi connectivity index (χ3n) is 2.82. The number of carbonyl (C=O) groups excluding carboxylic acids is 1. The summed E-state index contributed by atoms with van der Waals surface area (Å²) < 4.78 is 1.73. The lowest BCUT2D eigenvalue weighted by Gasteiger charge is -2.03. The smallest absolute Gasteiger partial charge is 0.258 e. The maximum Gasteiger partial charge on any atom is 0.258 e. The van der Waals surface area contributed by atoms with Crippen LogP contribution in [0.3, 0.4) is 0 Å². The Labute approximate surface area is 109 Å². The van der Waals surface area contributed by atoms with E-state index in [1.165, 1.54) is 0 Å². The third kappa shape index (κ3) is 2.18. The fourth-order valence-electron chi connectivity index (χ4n) is 1.89. The number of anilines is 1. The Kier molecular flexibility index (Phi) is 2.72. The summed E-state index contributed by atoms with van der Waals surface area (Å²) in [6.45, 7) is 1.95. The van der Waals surface area contributed by atoms with Crippen LogP contribution in [0.2, 0.25) is 0 Å². The summed E-state index contributed by atoms with van der Waals surface area (Å²) in [5.74, 6) is 0.226. The van der Waals surface area contributed by atoms with Crippen LogP contribution in [-0.2, 0) is 0 Å². The molecule has 0 aliphatic heterocycles. The van der Waals surface area contributed by atoms with E-state index in [0.717, 1.165) is 5.56 Å². The quantitative estimate of drug-likeness (QED) is 0.761. The van der Waals surface area contributed by atoms with E-state index in [2.05, 4.69) is 15.5 Å². The molecule has 0 aliphatic carbocycles. The van der Waals surface area contributed by atoms with Gasteiger partial charge in [0.25, 0.3) is 5.91 Å². The molecule has 2 aromatic heterocycles. The van der Waals surface area contributed by atoms with Gasteiger partial charge in [0.05, 0.1) is 0 Å². The van der Waals surface area contributed by atoms with Crippen LogP contribution >= 0.6 is 0 Å². The number of benzene rings is 1. The SMILES string of the molecule is Cc1cccc(C(=O)Nc2nnc3ccccn23)c1. The molecular weight excluding hydrogens is 240 g/mol. The predicted molar refractivity (Wildman–Crippen MR) is 72.1 cm³/mol. The molecule has 94 valence electrons. The lowest BCUT2D eigenvalue weighted by Crippen LogP contribution is -2.14. The zero-order chi connectivity index (χ0) is 13.2. The molecule has 0 saturated carbocycles. The van der Waals surface area contributed by atoms with Gasteiger partial charge in [0.2, 0.25) is 5.95 Å². The van der Waals surface area contributed by atoms with Crippen LogP contribution in [0.4, 0.5) is 5.95 Å². The number of aryl methyl sites for hydroxylation is 1. The van der Waals surface area contributed by atoms with Gasteiger partial charge in [0, 0.05) is 11.8 Å². The molecular formula is C14H12N4O. The Bertz CT molecular complexity index is 748. The minimum Gasteiger partial charge on any atom is -0.290 e. The van der Waals surface area contributed by atoms with Crippen molar-refractivity contribution in [1.29, 1.82) is 0 Å². The van der Waals surface area contributed by atoms with Crippen LogP contribution in [-0.4, -0.2) is 20.5 Å². The second-order valence-corrected chi connectivity index (χ2v) is 4.28. The molecule has 0 radical (unpaired) electrons. The van der Waals surface area contributed by atoms with Crippen molar-refractivity contribution in [2.75, 3.05) is 5.32 Å². The number of nitrogens with zero attached hydrogens (tertiary/aromatic N) is 3. The Hall–Kier alpha value is -2.69. The number of carbonyl (C=O) groups is 1. The fourth-order valence-corrected chi connectivity index (χ4v) is 1.89. The Balaban J connectivity index is 1.91. The summed E-state index contributed by atoms with van der Waals surface area (Å²) in [6.07, 6.45) is 1.81. The monoisotopic (exact) mass is 252 g/mol. The number of hydrogen-bond donors (Lipinski definition) is 1. The third-order valence-corrected chi connectivity index (χ3v) is 2.82. The molecule has 1 N–H and O–H groups in total. The minimum atomic E-state index is -0.193. The Morgan fingerprint density at radius 3 is 2.89 bits per heavy atom. The van der Waals surface area contributed by atoms with Gasteiger partial charge in [-0.15, -0.1) is 10.2 Å². The van der Waals surface area contributed by atoms with E-state index in [1.54, 1.807) is 16.7 Å². The van der Waals surface area contributed by atoms with E-state index in [0.29, 0.717) is 17.2 Å². The molecule has 3 rings (SSSR count). The van der Waals surface area contributed by atoms with E-state index in [4.69, 9.17) is 0 Å². The first-order chi connectivity index (χ1) is 9.24. The zero-order valence-electron chi connectivity index (χ0n) is 10.4. The standard InChI is InChI=1S/C14H12N4O/c1-10-5-4-6-11(9-10)13(19)15-14-17-16-12-7-2-3-8-18(12)14/h2-9H,1H3,(H,15,17,19). The van der Waals surface area contributed by atoms with Gasteiger partial charge in [0.1, 0.15) is 0 Å². The summed E-state index contributed by atoms with van der Waals surface area (Å²) in [6, 6.07) is 13.0. The molecule has 0 bridgehead atoms. The van der Waals surface area contributed by atoms with Crippen molar-refractivity contribution in [2.24, 2.45) is 0 Å². The van der Waals surface area contributed by atoms with Crippen molar-refractivity contribution in [1.82, 2.24) is 14.6 Å². The summed E-state index contributed by atoms with van der Waals surface area (Å²) in [5.41, 5.74) is 2.34. The first kappa shape index (κ1) is 11.4. The number of rotatable bonds is 2. The van der Waals surface area contributed by atoms with Gasteiger partial charge < -0.3 is 0 Å². The predicted octanol–water partition coefficient (Wildman–Crippen LogP) is 2.29. The second-order valence-electron chi connectivity index (χ2n) is 4.28. The highest BCUT2D eigenvalue weighted by atomic mass is 16.1. The van der Waals surface area contributed by atoms with Crippen molar-refractivity contribution < 1.29 is 4.79 Å². The molecule has 5 nitrogen and oxygen atoms in total. The lowest BCUT2D eigenvalue weighted by molar-refractivity contribution is 0.102. The number of nitrogens with one attached hydrogen (secondary N) is 1. The highest BCUT2D eigenvalue weighted by Crippen LogP contribution is 2.10. The van der Waals surface area contributed by atoms with Gasteiger partial charge in [-0.2, -0.15) is 0 Å². The topological polar surface area (TPSA) is 59.3 Å². The number of amides is 1. The van der Waals surface area contributed by atoms with Crippen molar-refractivity contribution in [2.45, 2.75) is 6.92 Å². The maximum absolute atomic E-state index is 12.1. The van der Waals surface area contributed by atoms with E-state index >= 15 is 0 Å². The van der Waals surface area contributed by atoms with Gasteiger partial charge in [-0.25, -0.2) is 0 Å². The normalized spacial score (nSPS) is 10.6. The number of fused-ring (bicyclic) bond motifs is 1. The summed E-state index contributed by atoms with van der Waals surface area (Å²) in [7, 11) is 0. The van der Waals surface area contributed by atoms with Crippen molar-refractivity contribution in [3.8, 4) is 0 Å². The maximum atomic E-state index is 12.1. The first-order valence-corrected chi connectivity index (χ1v) is 5.92. The van der Waals surface area contributed by atoms with Crippen LogP contribution < -0.4 is 5.32 Å². The fraction of sp³-hybridized carbons (Fsp3) is 0.0714. The average Bonchev–Trinajstić information content (AvgIpc) is 2.82. The van der Waals surface area contributed by atoms with Gasteiger partial charge in [0.15, 0.2) is 5.65 Å². The molecule has 3 aromatic rings. The highest BCUT2D eigenvalue weighted by molar-refractivity contribution is 6.03. The van der Waals surface area contributed by atoms with Crippen LogP contribution in [0.5, 0.6) is 0 Å². The van der Waals surface area contributed by atoms with Crippen LogP contribution in [0.1, 0.15) is 15.9 Å². The number of aromatic nitrogens is 3. The molecule has 1 amide bonds. The lowest BCUT2D eigenvalue weighted by atomic mass is 10.1. The van der Waals surface area contributed by atoms with Gasteiger partial charge in [-0.3, -0.25) is 14.5 Å². The van der Waals surface area contributed by atoms with E-state index in [9.17, 15) is 4.79 Å². The molecule has 19 heavy (non-hydrogen) atoms. The van der Waals surface area contributed by atoms with Crippen LogP contribution in [0.15, 0.2) is 48.7 Å². The molecule has 0 atom stereocenters. The van der Waals surface area contributed by atoms with Crippen molar-refractivity contribution >= 4 is 17.5 Å². The molecule has 5 heteroatoms. The molecule has 0 aliphatic rings. The average molecular weight is 252 g/mol. The van der Waals surface area contributed by atoms with Gasteiger partial charge >= 0.3 is 0 Å². The number of pyridine rings is 1. The largest absolute Gasteiger partial charge is 0.290 e. The van der Waals surface area contributed by atoms with E-state index in [-0.39, 0.29) is 5.91 Å². The molecule has 2 heterocycles. The Morgan fingerprint density at radius 2 is 2.05 bits per heavy atom. The van der Waals surface area contributed by atoms with Crippen LogP contribution in [0.25, 0.3) is 5.65 Å². The first-order valence-electron chi connectivity index (χ1n) is 5.92. The highest BCUT2D eigenvalue weighted by Gasteiger charge is 2.10. The molecule has 0 saturated heterocycles. The van der Waals surface area contributed by atoms with Crippen LogP contribution in [0, 0.1) is 6.92 Å². The van der Waals surface area contributed by atoms with Gasteiger partial charge in [-0.1, -0.05) is 23.8 Å². The van der Waals surface area contributed by atoms with Crippen molar-refractivity contribution in [3.05, 3.63) is 59.8 Å². The molecule has 0 unspecified atom stereocenters. The van der Waals surface area contributed by atoms with E-state index < -0.39 is 0 Å². The van der Waals surface area contributed by atoms with E-state index in [1.807, 2.05) is 43.3 Å². The zero-order valence-corrected chi connectivity index (χ0v) is 10.4. The molecule has 1 aromatic carbocycles. The second kappa shape index (κ2) is 4.53. The Morgan fingerprint density at radius 1 is 1.16 bits per heavy atom. The summed E-state index contributed by atoms with van der Waals surface area (Å²) in [5, 5.41) is 10.7. The van der Waals surface area contributed by atoms with Crippen molar-refractivity contribution in [3.63, 3.8) is 0 Å². The number of hydrogen-bond acceptors (Lipinski definition) is 3. The molecule has 0 spiro atoms. The summed E-state index contributed by atoms with van der Waals surface area (Å²) in [4.78, 5) is 12.1. The minimum absolute atomic E-state index is 0.193.